The van der Waals surface area contributed by atoms with Gasteiger partial charge in [-0.25, -0.2) is 0 Å². The van der Waals surface area contributed by atoms with Crippen LogP contribution in [0.4, 0.5) is 0 Å². The van der Waals surface area contributed by atoms with Crippen LogP contribution in [0.3, 0.4) is 0 Å². The monoisotopic (exact) mass is 474 g/mol. The molecule has 5 atom stereocenters. The second-order valence-electron chi connectivity index (χ2n) is 10.8. The number of hydrogen-bond donors (Lipinski definition) is 4. The highest BCUT2D eigenvalue weighted by atomic mass is 16.6. The summed E-state index contributed by atoms with van der Waals surface area (Å²) in [6, 6.07) is 5.62. The molecule has 34 heavy (non-hydrogen) atoms. The molecule has 1 aliphatic heterocycles. The van der Waals surface area contributed by atoms with Gasteiger partial charge >= 0.3 is 0 Å². The third-order valence-corrected chi connectivity index (χ3v) is 7.69. The minimum atomic E-state index is -1.37. The van der Waals surface area contributed by atoms with Crippen LogP contribution in [0, 0.1) is 0 Å². The van der Waals surface area contributed by atoms with Gasteiger partial charge in [-0.1, -0.05) is 26.0 Å². The zero-order chi connectivity index (χ0) is 25.6. The standard InChI is InChI=1S/C26H42N4O4/c1-14(2)19-13-17(33-21-11-8-16(12-20(21)27)26(28,29)30)9-10-18(19)22-23(31)15(3)34-24(4,5)25(22,6)32-7/h8-10,13-15,20-22H,11-12,27-30H2,1-7H3/t15?,20?,21?,22?,25-/m0/s1. The Morgan fingerprint density at radius 3 is 2.35 bits per heavy atom. The normalized spacial score (nSPS) is 32.0. The van der Waals surface area contributed by atoms with E-state index in [0.29, 0.717) is 18.6 Å². The number of carbonyl (C=O) groups excluding carboxylic acids is 1. The fourth-order valence-electron chi connectivity index (χ4n) is 5.24. The first kappa shape index (κ1) is 26.8. The van der Waals surface area contributed by atoms with Crippen LogP contribution in [0.2, 0.25) is 0 Å². The summed E-state index contributed by atoms with van der Waals surface area (Å²) in [5, 5.41) is 0. The fraction of sp³-hybridized carbons (Fsp3) is 0.654. The Morgan fingerprint density at radius 1 is 1.18 bits per heavy atom. The van der Waals surface area contributed by atoms with Gasteiger partial charge in [-0.2, -0.15) is 0 Å². The summed E-state index contributed by atoms with van der Waals surface area (Å²) in [6.07, 6.45) is 2.19. The minimum Gasteiger partial charge on any atom is -0.488 e. The number of ether oxygens (including phenoxy) is 3. The number of hydrogen-bond acceptors (Lipinski definition) is 8. The molecule has 1 aromatic rings. The zero-order valence-corrected chi connectivity index (χ0v) is 21.6. The summed E-state index contributed by atoms with van der Waals surface area (Å²) in [5.74, 6) is -0.968. The highest BCUT2D eigenvalue weighted by Crippen LogP contribution is 2.48. The molecule has 1 aliphatic carbocycles. The van der Waals surface area contributed by atoms with Crippen molar-refractivity contribution in [1.82, 2.24) is 0 Å². The van der Waals surface area contributed by atoms with Crippen LogP contribution < -0.4 is 27.7 Å². The second kappa shape index (κ2) is 9.33. The van der Waals surface area contributed by atoms with Gasteiger partial charge < -0.3 is 19.9 Å². The zero-order valence-electron chi connectivity index (χ0n) is 21.6. The first-order valence-corrected chi connectivity index (χ1v) is 12.0. The molecule has 0 spiro atoms. The van der Waals surface area contributed by atoms with Crippen molar-refractivity contribution in [2.24, 2.45) is 22.9 Å². The highest BCUT2D eigenvalue weighted by Gasteiger charge is 2.58. The van der Waals surface area contributed by atoms with E-state index in [4.69, 9.17) is 37.1 Å². The van der Waals surface area contributed by atoms with E-state index in [1.165, 1.54) is 0 Å². The van der Waals surface area contributed by atoms with Gasteiger partial charge in [0, 0.05) is 19.6 Å². The van der Waals surface area contributed by atoms with Gasteiger partial charge in [0.2, 0.25) is 0 Å². The fourth-order valence-corrected chi connectivity index (χ4v) is 5.24. The van der Waals surface area contributed by atoms with E-state index in [2.05, 4.69) is 13.8 Å². The summed E-state index contributed by atoms with van der Waals surface area (Å²) >= 11 is 0. The molecule has 4 unspecified atom stereocenters. The Hall–Kier alpha value is -1.81. The van der Waals surface area contributed by atoms with Crippen LogP contribution >= 0.6 is 0 Å². The van der Waals surface area contributed by atoms with Crippen molar-refractivity contribution in [2.45, 2.75) is 101 Å². The van der Waals surface area contributed by atoms with Crippen molar-refractivity contribution < 1.29 is 19.0 Å². The Bertz CT molecular complexity index is 953. The molecule has 8 nitrogen and oxygen atoms in total. The molecule has 1 saturated heterocycles. The van der Waals surface area contributed by atoms with Crippen LogP contribution in [0.25, 0.3) is 0 Å². The minimum absolute atomic E-state index is 0.0139. The maximum absolute atomic E-state index is 13.4. The van der Waals surface area contributed by atoms with E-state index in [1.807, 2.05) is 52.0 Å². The molecular formula is C26H42N4O4. The molecule has 0 radical (unpaired) electrons. The number of ketones is 1. The van der Waals surface area contributed by atoms with E-state index >= 15 is 0 Å². The SMILES string of the molecule is CO[C@@]1(C)C(c2ccc(OC3CC=C(C(N)(N)N)CC3N)cc2C(C)C)C(=O)C(C)OC1(C)C. The number of benzene rings is 1. The number of nitrogens with two attached hydrogens (primary N) is 4. The predicted octanol–water partition coefficient (Wildman–Crippen LogP) is 2.39. The molecule has 0 amide bonds. The highest BCUT2D eigenvalue weighted by molar-refractivity contribution is 5.92. The molecule has 8 N–H and O–H groups in total. The summed E-state index contributed by atoms with van der Waals surface area (Å²) in [4.78, 5) is 13.4. The Balaban J connectivity index is 1.96. The van der Waals surface area contributed by atoms with E-state index in [0.717, 1.165) is 16.7 Å². The maximum atomic E-state index is 13.4. The lowest BCUT2D eigenvalue weighted by Gasteiger charge is -2.52. The average molecular weight is 475 g/mol. The van der Waals surface area contributed by atoms with Gasteiger partial charge in [-0.15, -0.1) is 0 Å². The summed E-state index contributed by atoms with van der Waals surface area (Å²) < 4.78 is 18.4. The average Bonchev–Trinajstić information content (AvgIpc) is 2.73. The van der Waals surface area contributed by atoms with Crippen molar-refractivity contribution in [1.29, 1.82) is 0 Å². The molecule has 1 fully saturated rings. The van der Waals surface area contributed by atoms with Crippen molar-refractivity contribution in [3.05, 3.63) is 41.0 Å². The molecule has 190 valence electrons. The van der Waals surface area contributed by atoms with Crippen LogP contribution in [0.15, 0.2) is 29.8 Å². The van der Waals surface area contributed by atoms with Crippen molar-refractivity contribution in [2.75, 3.05) is 7.11 Å². The van der Waals surface area contributed by atoms with Crippen LogP contribution in [-0.2, 0) is 14.3 Å². The molecule has 0 aromatic heterocycles. The molecule has 0 saturated carbocycles. The van der Waals surface area contributed by atoms with Gasteiger partial charge in [-0.05, 0) is 68.9 Å². The van der Waals surface area contributed by atoms with Crippen LogP contribution in [0.5, 0.6) is 5.75 Å². The smallest absolute Gasteiger partial charge is 0.171 e. The van der Waals surface area contributed by atoms with E-state index in [-0.39, 0.29) is 23.8 Å². The summed E-state index contributed by atoms with van der Waals surface area (Å²) in [5.41, 5.74) is 25.1. The molecular weight excluding hydrogens is 432 g/mol. The van der Waals surface area contributed by atoms with E-state index < -0.39 is 29.0 Å². The topological polar surface area (TPSA) is 149 Å². The van der Waals surface area contributed by atoms with Gasteiger partial charge in [0.1, 0.15) is 29.3 Å². The number of rotatable bonds is 6. The molecule has 8 heteroatoms. The lowest BCUT2D eigenvalue weighted by Crippen LogP contribution is -2.63. The van der Waals surface area contributed by atoms with Crippen molar-refractivity contribution >= 4 is 5.78 Å². The Labute approximate surface area is 203 Å². The third-order valence-electron chi connectivity index (χ3n) is 7.69. The van der Waals surface area contributed by atoms with Crippen LogP contribution in [0.1, 0.15) is 77.3 Å². The largest absolute Gasteiger partial charge is 0.488 e. The predicted molar refractivity (Wildman–Crippen MR) is 133 cm³/mol. The summed E-state index contributed by atoms with van der Waals surface area (Å²) in [7, 11) is 1.64. The molecule has 2 aliphatic rings. The molecule has 0 bridgehead atoms. The Morgan fingerprint density at radius 2 is 1.82 bits per heavy atom. The van der Waals surface area contributed by atoms with Gasteiger partial charge in [0.25, 0.3) is 0 Å². The van der Waals surface area contributed by atoms with Gasteiger partial charge in [-0.3, -0.25) is 22.0 Å². The quantitative estimate of drug-likeness (QED) is 0.363. The molecule has 1 heterocycles. The first-order chi connectivity index (χ1) is 15.6. The molecule has 1 aromatic carbocycles. The third kappa shape index (κ3) is 4.80. The Kier molecular flexibility index (Phi) is 7.35. The molecule has 3 rings (SSSR count). The van der Waals surface area contributed by atoms with Crippen molar-refractivity contribution in [3.63, 3.8) is 0 Å². The maximum Gasteiger partial charge on any atom is 0.171 e. The number of methoxy groups -OCH3 is 1. The first-order valence-electron chi connectivity index (χ1n) is 12.0. The van der Waals surface area contributed by atoms with E-state index in [1.54, 1.807) is 7.11 Å². The van der Waals surface area contributed by atoms with Gasteiger partial charge in [0.15, 0.2) is 5.78 Å². The summed E-state index contributed by atoms with van der Waals surface area (Å²) in [6.45, 7) is 11.9. The van der Waals surface area contributed by atoms with Gasteiger partial charge in [0.05, 0.1) is 11.5 Å². The van der Waals surface area contributed by atoms with Crippen LogP contribution in [-0.4, -0.2) is 48.1 Å². The lowest BCUT2D eigenvalue weighted by molar-refractivity contribution is -0.227. The second-order valence-corrected chi connectivity index (χ2v) is 10.8. The van der Waals surface area contributed by atoms with E-state index in [9.17, 15) is 4.79 Å². The number of carbonyl (C=O) groups is 1. The lowest BCUT2D eigenvalue weighted by atomic mass is 9.67. The number of Topliss-reactive ketones (excluding diaryl/α,β-unsaturated/α-hetero) is 1. The van der Waals surface area contributed by atoms with Crippen molar-refractivity contribution in [3.8, 4) is 5.75 Å².